The van der Waals surface area contributed by atoms with Crippen molar-refractivity contribution in [3.05, 3.63) is 76.3 Å². The first kappa shape index (κ1) is 19.6. The van der Waals surface area contributed by atoms with Crippen molar-refractivity contribution in [2.75, 3.05) is 6.61 Å². The first-order valence-corrected chi connectivity index (χ1v) is 8.94. The predicted octanol–water partition coefficient (Wildman–Crippen LogP) is 4.14. The third-order valence-corrected chi connectivity index (χ3v) is 4.27. The van der Waals surface area contributed by atoms with Crippen LogP contribution in [0.4, 0.5) is 4.39 Å². The van der Waals surface area contributed by atoms with E-state index in [1.54, 1.807) is 43.3 Å². The first-order valence-electron chi connectivity index (χ1n) is 8.57. The average molecular weight is 401 g/mol. The fourth-order valence-corrected chi connectivity index (χ4v) is 2.82. The van der Waals surface area contributed by atoms with Gasteiger partial charge in [0.05, 0.1) is 29.8 Å². The molecule has 0 aliphatic heterocycles. The molecule has 0 aliphatic carbocycles. The molecule has 0 fully saturated rings. The molecule has 144 valence electrons. The summed E-state index contributed by atoms with van der Waals surface area (Å²) >= 11 is 6.37. The summed E-state index contributed by atoms with van der Waals surface area (Å²) in [5.41, 5.74) is 4.69. The van der Waals surface area contributed by atoms with Crippen molar-refractivity contribution in [3.8, 4) is 11.4 Å². The van der Waals surface area contributed by atoms with Crippen molar-refractivity contribution in [1.29, 1.82) is 0 Å². The predicted molar refractivity (Wildman–Crippen MR) is 106 cm³/mol. The standard InChI is InChI=1S/C20H18ClFN4O2/c1-3-28-17-10-4-14(5-11-17)20(27)24-23-12-18-13(2)25-26(19(18)21)16-8-6-15(22)7-9-16/h4-12H,3H2,1-2H3,(H,24,27)/b23-12-. The van der Waals surface area contributed by atoms with E-state index in [4.69, 9.17) is 16.3 Å². The van der Waals surface area contributed by atoms with E-state index >= 15 is 0 Å². The zero-order valence-corrected chi connectivity index (χ0v) is 16.1. The van der Waals surface area contributed by atoms with Crippen molar-refractivity contribution in [2.24, 2.45) is 5.10 Å². The van der Waals surface area contributed by atoms with Gasteiger partial charge in [0.25, 0.3) is 5.91 Å². The molecule has 1 N–H and O–H groups in total. The van der Waals surface area contributed by atoms with E-state index in [9.17, 15) is 9.18 Å². The van der Waals surface area contributed by atoms with Gasteiger partial charge in [0.15, 0.2) is 0 Å². The molecule has 0 aliphatic rings. The van der Waals surface area contributed by atoms with Crippen LogP contribution in [0.2, 0.25) is 5.15 Å². The van der Waals surface area contributed by atoms with Crippen molar-refractivity contribution in [2.45, 2.75) is 13.8 Å². The van der Waals surface area contributed by atoms with Gasteiger partial charge in [-0.2, -0.15) is 10.2 Å². The molecule has 3 aromatic rings. The van der Waals surface area contributed by atoms with Gasteiger partial charge in [-0.15, -0.1) is 0 Å². The molecular weight excluding hydrogens is 383 g/mol. The number of hydrazone groups is 1. The number of aryl methyl sites for hydroxylation is 1. The summed E-state index contributed by atoms with van der Waals surface area (Å²) in [5, 5.41) is 8.61. The number of hydrogen-bond acceptors (Lipinski definition) is 4. The van der Waals surface area contributed by atoms with Crippen LogP contribution in [0.15, 0.2) is 53.6 Å². The topological polar surface area (TPSA) is 68.5 Å². The molecule has 0 atom stereocenters. The Labute approximate surface area is 166 Å². The van der Waals surface area contributed by atoms with Crippen molar-refractivity contribution in [1.82, 2.24) is 15.2 Å². The summed E-state index contributed by atoms with van der Waals surface area (Å²) in [6, 6.07) is 12.5. The highest BCUT2D eigenvalue weighted by Crippen LogP contribution is 2.22. The van der Waals surface area contributed by atoms with Crippen LogP contribution in [0.5, 0.6) is 5.75 Å². The largest absolute Gasteiger partial charge is 0.494 e. The van der Waals surface area contributed by atoms with E-state index in [0.717, 1.165) is 0 Å². The van der Waals surface area contributed by atoms with Crippen LogP contribution < -0.4 is 10.2 Å². The van der Waals surface area contributed by atoms with Gasteiger partial charge >= 0.3 is 0 Å². The summed E-state index contributed by atoms with van der Waals surface area (Å²) in [6.45, 7) is 4.21. The second-order valence-electron chi connectivity index (χ2n) is 5.83. The first-order chi connectivity index (χ1) is 13.5. The van der Waals surface area contributed by atoms with E-state index in [0.29, 0.717) is 40.0 Å². The molecular formula is C20H18ClFN4O2. The zero-order chi connectivity index (χ0) is 20.1. The van der Waals surface area contributed by atoms with Crippen LogP contribution >= 0.6 is 11.6 Å². The van der Waals surface area contributed by atoms with Gasteiger partial charge in [0.2, 0.25) is 0 Å². The van der Waals surface area contributed by atoms with Crippen molar-refractivity contribution < 1.29 is 13.9 Å². The molecule has 0 unspecified atom stereocenters. The van der Waals surface area contributed by atoms with Gasteiger partial charge in [0, 0.05) is 5.56 Å². The second kappa shape index (κ2) is 8.67. The number of ether oxygens (including phenoxy) is 1. The Morgan fingerprint density at radius 2 is 1.93 bits per heavy atom. The molecule has 1 heterocycles. The van der Waals surface area contributed by atoms with Crippen LogP contribution in [0.25, 0.3) is 5.69 Å². The monoisotopic (exact) mass is 400 g/mol. The van der Waals surface area contributed by atoms with Crippen molar-refractivity contribution in [3.63, 3.8) is 0 Å². The number of rotatable bonds is 6. The molecule has 0 radical (unpaired) electrons. The summed E-state index contributed by atoms with van der Waals surface area (Å²) in [7, 11) is 0. The molecule has 1 aromatic heterocycles. The zero-order valence-electron chi connectivity index (χ0n) is 15.3. The Hall–Kier alpha value is -3.19. The number of carbonyl (C=O) groups is 1. The minimum absolute atomic E-state index is 0.308. The van der Waals surface area contributed by atoms with E-state index in [1.807, 2.05) is 6.92 Å². The van der Waals surface area contributed by atoms with Crippen LogP contribution in [0.3, 0.4) is 0 Å². The number of benzene rings is 2. The Morgan fingerprint density at radius 3 is 2.57 bits per heavy atom. The molecule has 1 amide bonds. The number of amides is 1. The van der Waals surface area contributed by atoms with Gasteiger partial charge in [-0.3, -0.25) is 4.79 Å². The maximum Gasteiger partial charge on any atom is 0.271 e. The highest BCUT2D eigenvalue weighted by atomic mass is 35.5. The summed E-state index contributed by atoms with van der Waals surface area (Å²) in [6.07, 6.45) is 1.43. The Kier molecular flexibility index (Phi) is 6.06. The molecule has 3 rings (SSSR count). The maximum atomic E-state index is 13.1. The van der Waals surface area contributed by atoms with E-state index in [-0.39, 0.29) is 11.7 Å². The van der Waals surface area contributed by atoms with E-state index in [1.165, 1.54) is 23.0 Å². The molecule has 28 heavy (non-hydrogen) atoms. The molecule has 0 bridgehead atoms. The lowest BCUT2D eigenvalue weighted by Crippen LogP contribution is -2.17. The molecule has 8 heteroatoms. The number of carbonyl (C=O) groups excluding carboxylic acids is 1. The highest BCUT2D eigenvalue weighted by Gasteiger charge is 2.13. The summed E-state index contributed by atoms with van der Waals surface area (Å²) in [5.74, 6) is -0.0142. The second-order valence-corrected chi connectivity index (χ2v) is 6.19. The third kappa shape index (κ3) is 4.37. The number of halogens is 2. The van der Waals surface area contributed by atoms with Crippen LogP contribution in [0.1, 0.15) is 28.5 Å². The van der Waals surface area contributed by atoms with Crippen molar-refractivity contribution >= 4 is 23.7 Å². The minimum atomic E-state index is -0.362. The Balaban J connectivity index is 1.72. The van der Waals surface area contributed by atoms with Gasteiger partial charge in [-0.25, -0.2) is 14.5 Å². The number of hydrogen-bond donors (Lipinski definition) is 1. The van der Waals surface area contributed by atoms with E-state index in [2.05, 4.69) is 15.6 Å². The fourth-order valence-electron chi connectivity index (χ4n) is 2.50. The number of nitrogens with zero attached hydrogens (tertiary/aromatic N) is 3. The number of aromatic nitrogens is 2. The molecule has 6 nitrogen and oxygen atoms in total. The number of nitrogens with one attached hydrogen (secondary N) is 1. The summed E-state index contributed by atoms with van der Waals surface area (Å²) in [4.78, 5) is 12.2. The van der Waals surface area contributed by atoms with Gasteiger partial charge < -0.3 is 4.74 Å². The highest BCUT2D eigenvalue weighted by molar-refractivity contribution is 6.32. The maximum absolute atomic E-state index is 13.1. The van der Waals surface area contributed by atoms with Gasteiger partial charge in [0.1, 0.15) is 16.7 Å². The van der Waals surface area contributed by atoms with Crippen LogP contribution in [-0.4, -0.2) is 28.5 Å². The minimum Gasteiger partial charge on any atom is -0.494 e. The van der Waals surface area contributed by atoms with Crippen LogP contribution in [-0.2, 0) is 0 Å². The lowest BCUT2D eigenvalue weighted by molar-refractivity contribution is 0.0955. The fraction of sp³-hybridized carbons (Fsp3) is 0.150. The molecule has 0 saturated heterocycles. The molecule has 2 aromatic carbocycles. The van der Waals surface area contributed by atoms with Gasteiger partial charge in [-0.05, 0) is 62.4 Å². The van der Waals surface area contributed by atoms with E-state index < -0.39 is 0 Å². The lowest BCUT2D eigenvalue weighted by atomic mass is 10.2. The Bertz CT molecular complexity index is 998. The quantitative estimate of drug-likeness (QED) is 0.499. The summed E-state index contributed by atoms with van der Waals surface area (Å²) < 4.78 is 19.9. The smallest absolute Gasteiger partial charge is 0.271 e. The normalized spacial score (nSPS) is 11.0. The molecule has 0 saturated carbocycles. The third-order valence-electron chi connectivity index (χ3n) is 3.91. The lowest BCUT2D eigenvalue weighted by Gasteiger charge is -2.04. The Morgan fingerprint density at radius 1 is 1.25 bits per heavy atom. The SMILES string of the molecule is CCOc1ccc(C(=O)N/N=C\c2c(C)nn(-c3ccc(F)cc3)c2Cl)cc1. The molecule has 0 spiro atoms. The van der Waals surface area contributed by atoms with Crippen LogP contribution in [0, 0.1) is 12.7 Å². The average Bonchev–Trinajstić information content (AvgIpc) is 2.97. The van der Waals surface area contributed by atoms with Gasteiger partial charge in [-0.1, -0.05) is 11.6 Å².